The molecule has 196 valence electrons. The fourth-order valence-corrected chi connectivity index (χ4v) is 4.63. The predicted octanol–water partition coefficient (Wildman–Crippen LogP) is 4.88. The lowest BCUT2D eigenvalue weighted by molar-refractivity contribution is 0.110. The van der Waals surface area contributed by atoms with Crippen LogP contribution in [0.1, 0.15) is 36.1 Å². The molecule has 38 heavy (non-hydrogen) atoms. The van der Waals surface area contributed by atoms with Crippen LogP contribution >= 0.6 is 0 Å². The van der Waals surface area contributed by atoms with Crippen molar-refractivity contribution >= 4 is 6.03 Å². The Bertz CT molecular complexity index is 1350. The first-order valence-electron chi connectivity index (χ1n) is 12.2. The summed E-state index contributed by atoms with van der Waals surface area (Å²) >= 11 is 0. The third kappa shape index (κ3) is 5.12. The number of amides is 1. The second-order valence-corrected chi connectivity index (χ2v) is 9.13. The lowest BCUT2D eigenvalue weighted by Gasteiger charge is -2.34. The number of aliphatic hydroxyl groups is 1. The third-order valence-corrected chi connectivity index (χ3v) is 6.69. The molecule has 0 saturated carbocycles. The largest absolute Gasteiger partial charge is 0.491 e. The summed E-state index contributed by atoms with van der Waals surface area (Å²) in [5, 5.41) is 20.3. The van der Waals surface area contributed by atoms with Crippen LogP contribution in [0.3, 0.4) is 0 Å². The van der Waals surface area contributed by atoms with Gasteiger partial charge >= 0.3 is 6.03 Å². The number of carbonyl (C=O) groups excluding carboxylic acids is 1. The van der Waals surface area contributed by atoms with Crippen molar-refractivity contribution in [2.45, 2.75) is 30.9 Å². The molecule has 2 heterocycles. The van der Waals surface area contributed by atoms with Crippen LogP contribution in [-0.2, 0) is 5.60 Å². The highest BCUT2D eigenvalue weighted by atomic mass is 19.1. The highest BCUT2D eigenvalue weighted by molar-refractivity contribution is 5.75. The zero-order valence-corrected chi connectivity index (χ0v) is 20.3. The summed E-state index contributed by atoms with van der Waals surface area (Å²) in [5.74, 6) is -0.859. The number of rotatable bonds is 6. The summed E-state index contributed by atoms with van der Waals surface area (Å²) in [6, 6.07) is 15.3. The molecule has 1 amide bonds. The van der Waals surface area contributed by atoms with E-state index in [0.717, 1.165) is 17.6 Å². The van der Waals surface area contributed by atoms with Crippen LogP contribution in [0.2, 0.25) is 0 Å². The summed E-state index contributed by atoms with van der Waals surface area (Å²) in [6.45, 7) is 0.675. The molecule has 4 aromatic rings. The number of nitrogens with zero attached hydrogens (tertiary/aromatic N) is 4. The van der Waals surface area contributed by atoms with Gasteiger partial charge in [0.25, 0.3) is 0 Å². The minimum atomic E-state index is -1.92. The van der Waals surface area contributed by atoms with Gasteiger partial charge in [0.1, 0.15) is 35.5 Å². The minimum absolute atomic E-state index is 0.0141. The summed E-state index contributed by atoms with van der Waals surface area (Å²) in [5.41, 5.74) is -1.37. The summed E-state index contributed by atoms with van der Waals surface area (Å²) in [7, 11) is 0. The fourth-order valence-electron chi connectivity index (χ4n) is 4.63. The van der Waals surface area contributed by atoms with Gasteiger partial charge in [0.15, 0.2) is 5.60 Å². The molecule has 10 heteroatoms. The summed E-state index contributed by atoms with van der Waals surface area (Å²) < 4.78 is 46.3. The Labute approximate surface area is 217 Å². The molecule has 5 rings (SSSR count). The maximum Gasteiger partial charge on any atom is 0.362 e. The number of likely N-dealkylation sites (tertiary alicyclic amines) is 1. The van der Waals surface area contributed by atoms with Gasteiger partial charge in [0, 0.05) is 6.54 Å². The second kappa shape index (κ2) is 10.7. The van der Waals surface area contributed by atoms with Crippen molar-refractivity contribution in [2.75, 3.05) is 13.2 Å². The molecule has 0 aliphatic carbocycles. The van der Waals surface area contributed by atoms with Crippen molar-refractivity contribution in [1.29, 1.82) is 0 Å². The molecule has 1 atom stereocenters. The topological polar surface area (TPSA) is 80.5 Å². The van der Waals surface area contributed by atoms with Crippen LogP contribution in [0.4, 0.5) is 18.0 Å². The van der Waals surface area contributed by atoms with Crippen molar-refractivity contribution in [3.8, 4) is 5.75 Å². The number of carbonyl (C=O) groups is 1. The smallest absolute Gasteiger partial charge is 0.362 e. The Balaban J connectivity index is 1.42. The van der Waals surface area contributed by atoms with Gasteiger partial charge in [-0.2, -0.15) is 5.10 Å². The average Bonchev–Trinajstić information content (AvgIpc) is 3.44. The van der Waals surface area contributed by atoms with Crippen molar-refractivity contribution in [3.63, 3.8) is 0 Å². The number of halogens is 3. The highest BCUT2D eigenvalue weighted by Gasteiger charge is 2.38. The molecule has 1 N–H and O–H groups in total. The van der Waals surface area contributed by atoms with Gasteiger partial charge in [-0.05, 0) is 78.9 Å². The normalized spacial score (nSPS) is 15.9. The number of hydrogen-bond acceptors (Lipinski definition) is 5. The third-order valence-electron chi connectivity index (χ3n) is 6.69. The van der Waals surface area contributed by atoms with Crippen LogP contribution in [0.5, 0.6) is 5.75 Å². The first-order chi connectivity index (χ1) is 18.3. The molecule has 0 radical (unpaired) electrons. The van der Waals surface area contributed by atoms with Crippen LogP contribution in [0.15, 0.2) is 79.0 Å². The molecule has 1 aliphatic rings. The molecule has 1 aliphatic heterocycles. The van der Waals surface area contributed by atoms with Crippen molar-refractivity contribution in [1.82, 2.24) is 19.9 Å². The van der Waals surface area contributed by atoms with Crippen LogP contribution in [0, 0.1) is 17.5 Å². The van der Waals surface area contributed by atoms with Gasteiger partial charge in [0.2, 0.25) is 0 Å². The van der Waals surface area contributed by atoms with E-state index in [0.29, 0.717) is 18.7 Å². The monoisotopic (exact) mass is 522 g/mol. The Hall–Kier alpha value is -4.18. The van der Waals surface area contributed by atoms with Gasteiger partial charge in [-0.3, -0.25) is 0 Å². The van der Waals surface area contributed by atoms with Crippen molar-refractivity contribution in [2.24, 2.45) is 0 Å². The molecule has 0 spiro atoms. The van der Waals surface area contributed by atoms with E-state index in [1.807, 2.05) is 0 Å². The predicted molar refractivity (Wildman–Crippen MR) is 132 cm³/mol. The molecule has 3 aromatic carbocycles. The van der Waals surface area contributed by atoms with Gasteiger partial charge < -0.3 is 14.7 Å². The first kappa shape index (κ1) is 25.5. The van der Waals surface area contributed by atoms with Crippen LogP contribution < -0.4 is 4.74 Å². The number of ether oxygens (including phenoxy) is 1. The van der Waals surface area contributed by atoms with Crippen LogP contribution in [0.25, 0.3) is 0 Å². The maximum absolute atomic E-state index is 13.6. The minimum Gasteiger partial charge on any atom is -0.491 e. The molecular formula is C28H25F3N4O3. The zero-order chi connectivity index (χ0) is 26.7. The molecule has 0 bridgehead atoms. The second-order valence-electron chi connectivity index (χ2n) is 9.13. The molecule has 1 saturated heterocycles. The Morgan fingerprint density at radius 2 is 1.45 bits per heavy atom. The van der Waals surface area contributed by atoms with E-state index in [1.165, 1.54) is 79.0 Å². The molecule has 1 aromatic heterocycles. The zero-order valence-electron chi connectivity index (χ0n) is 20.3. The summed E-state index contributed by atoms with van der Waals surface area (Å²) in [4.78, 5) is 16.0. The lowest BCUT2D eigenvalue weighted by Crippen LogP contribution is -2.49. The van der Waals surface area contributed by atoms with Gasteiger partial charge in [-0.1, -0.05) is 29.1 Å². The number of benzene rings is 3. The standard InChI is InChI=1S/C28H25F3N4O3/c29-21-8-4-19(5-9-21)28(37,20-6-10-22(30)11-7-20)26-17-32-35(33-26)27(36)34-16-2-1-3-24(34)18-38-25-14-12-23(31)13-15-25/h4-15,17,24,37H,1-3,16,18H2. The first-order valence-corrected chi connectivity index (χ1v) is 12.2. The van der Waals surface area contributed by atoms with Gasteiger partial charge in [-0.15, -0.1) is 5.10 Å². The lowest BCUT2D eigenvalue weighted by atomic mass is 9.84. The molecular weight excluding hydrogens is 497 g/mol. The van der Waals surface area contributed by atoms with Gasteiger partial charge in [0.05, 0.1) is 12.2 Å². The van der Waals surface area contributed by atoms with E-state index in [4.69, 9.17) is 4.74 Å². The van der Waals surface area contributed by atoms with E-state index in [9.17, 15) is 23.1 Å². The Morgan fingerprint density at radius 1 is 0.895 bits per heavy atom. The van der Waals surface area contributed by atoms with Crippen LogP contribution in [-0.4, -0.2) is 50.2 Å². The van der Waals surface area contributed by atoms with E-state index < -0.39 is 23.3 Å². The quantitative estimate of drug-likeness (QED) is 0.391. The van der Waals surface area contributed by atoms with Crippen molar-refractivity contribution < 1.29 is 27.8 Å². The molecule has 7 nitrogen and oxygen atoms in total. The number of hydrogen-bond donors (Lipinski definition) is 1. The molecule has 1 fully saturated rings. The average molecular weight is 523 g/mol. The fraction of sp³-hybridized carbons (Fsp3) is 0.250. The summed E-state index contributed by atoms with van der Waals surface area (Å²) in [6.07, 6.45) is 3.67. The van der Waals surface area contributed by atoms with E-state index in [-0.39, 0.29) is 35.3 Å². The van der Waals surface area contributed by atoms with Gasteiger partial charge in [-0.25, -0.2) is 18.0 Å². The number of piperidine rings is 1. The van der Waals surface area contributed by atoms with E-state index >= 15 is 0 Å². The number of aromatic nitrogens is 3. The van der Waals surface area contributed by atoms with E-state index in [2.05, 4.69) is 10.2 Å². The Kier molecular flexibility index (Phi) is 7.15. The SMILES string of the molecule is O=C(N1CCCCC1COc1ccc(F)cc1)n1ncc(C(O)(c2ccc(F)cc2)c2ccc(F)cc2)n1. The molecule has 1 unspecified atom stereocenters. The Morgan fingerprint density at radius 3 is 2.03 bits per heavy atom. The highest BCUT2D eigenvalue weighted by Crippen LogP contribution is 2.35. The maximum atomic E-state index is 13.6. The van der Waals surface area contributed by atoms with E-state index in [1.54, 1.807) is 4.90 Å². The van der Waals surface area contributed by atoms with Crippen molar-refractivity contribution in [3.05, 3.63) is 113 Å².